The third-order valence-electron chi connectivity index (χ3n) is 3.40. The highest BCUT2D eigenvalue weighted by Gasteiger charge is 2.29. The van der Waals surface area contributed by atoms with Gasteiger partial charge >= 0.3 is 6.18 Å². The minimum absolute atomic E-state index is 0.0167. The fourth-order valence-electron chi connectivity index (χ4n) is 2.05. The lowest BCUT2D eigenvalue weighted by Gasteiger charge is -2.08. The molecule has 0 radical (unpaired) electrons. The van der Waals surface area contributed by atoms with Gasteiger partial charge in [0.05, 0.1) is 18.2 Å². The molecule has 142 valence electrons. The number of nitrogens with two attached hydrogens (primary N) is 2. The van der Waals surface area contributed by atoms with Gasteiger partial charge in [0, 0.05) is 11.4 Å². The molecule has 1 aromatic carbocycles. The molecule has 0 bridgehead atoms. The molecular formula is C18H16F4N4O. The number of carbonyl (C=O) groups is 1. The number of rotatable bonds is 5. The molecule has 0 aliphatic rings. The molecule has 1 amide bonds. The van der Waals surface area contributed by atoms with Crippen molar-refractivity contribution in [2.45, 2.75) is 12.6 Å². The first-order chi connectivity index (χ1) is 12.6. The van der Waals surface area contributed by atoms with Crippen molar-refractivity contribution in [3.05, 3.63) is 83.2 Å². The first-order valence-electron chi connectivity index (χ1n) is 7.66. The highest BCUT2D eigenvalue weighted by Crippen LogP contribution is 2.29. The topological polar surface area (TPSA) is 94.0 Å². The summed E-state index contributed by atoms with van der Waals surface area (Å²) >= 11 is 0. The molecule has 5 nitrogen and oxygen atoms in total. The Morgan fingerprint density at radius 2 is 1.74 bits per heavy atom. The molecular weight excluding hydrogens is 364 g/mol. The van der Waals surface area contributed by atoms with Crippen LogP contribution in [0.1, 0.15) is 16.8 Å². The molecule has 0 aliphatic heterocycles. The van der Waals surface area contributed by atoms with Crippen LogP contribution in [0.15, 0.2) is 60.6 Å². The Balaban J connectivity index is 1.98. The second-order valence-electron chi connectivity index (χ2n) is 5.51. The summed E-state index contributed by atoms with van der Waals surface area (Å²) in [6.07, 6.45) is -0.870. The summed E-state index contributed by atoms with van der Waals surface area (Å²) < 4.78 is 50.4. The maximum Gasteiger partial charge on any atom is 0.416 e. The van der Waals surface area contributed by atoms with Crippen LogP contribution in [0.3, 0.4) is 0 Å². The molecule has 0 aliphatic carbocycles. The molecule has 9 heteroatoms. The summed E-state index contributed by atoms with van der Waals surface area (Å²) in [6.45, 7) is 0. The number of halogens is 4. The second kappa shape index (κ2) is 8.35. The zero-order valence-electron chi connectivity index (χ0n) is 13.9. The standard InChI is InChI=1S/C18H16F4N4O/c19-13-5-6-14(25-10-13)9-17(27)26-16(24)8-7-15(23)11-1-3-12(4-2-11)18(20,21)22/h1-8,10H,9,23-24H2,(H,26,27)/b15-7-,16-8+. The van der Waals surface area contributed by atoms with Gasteiger partial charge in [-0.25, -0.2) is 4.39 Å². The molecule has 0 saturated carbocycles. The van der Waals surface area contributed by atoms with Crippen molar-refractivity contribution >= 4 is 11.6 Å². The first kappa shape index (κ1) is 20.0. The van der Waals surface area contributed by atoms with E-state index in [4.69, 9.17) is 11.5 Å². The van der Waals surface area contributed by atoms with Crippen molar-refractivity contribution in [1.82, 2.24) is 10.3 Å². The van der Waals surface area contributed by atoms with E-state index < -0.39 is 23.5 Å². The summed E-state index contributed by atoms with van der Waals surface area (Å²) in [4.78, 5) is 15.6. The highest BCUT2D eigenvalue weighted by atomic mass is 19.4. The van der Waals surface area contributed by atoms with Crippen molar-refractivity contribution in [2.24, 2.45) is 11.5 Å². The van der Waals surface area contributed by atoms with Gasteiger partial charge in [0.25, 0.3) is 0 Å². The van der Waals surface area contributed by atoms with Crippen LogP contribution in [0.5, 0.6) is 0 Å². The fraction of sp³-hybridized carbons (Fsp3) is 0.111. The molecule has 0 spiro atoms. The van der Waals surface area contributed by atoms with Crippen LogP contribution in [0.4, 0.5) is 17.6 Å². The van der Waals surface area contributed by atoms with E-state index in [0.29, 0.717) is 11.3 Å². The first-order valence-corrected chi connectivity index (χ1v) is 7.66. The van der Waals surface area contributed by atoms with Gasteiger partial charge in [0.1, 0.15) is 11.6 Å². The predicted octanol–water partition coefficient (Wildman–Crippen LogP) is 2.70. The van der Waals surface area contributed by atoms with E-state index >= 15 is 0 Å². The molecule has 2 rings (SSSR count). The Morgan fingerprint density at radius 1 is 1.07 bits per heavy atom. The number of alkyl halides is 3. The van der Waals surface area contributed by atoms with Crippen LogP contribution >= 0.6 is 0 Å². The van der Waals surface area contributed by atoms with Gasteiger partial charge in [-0.15, -0.1) is 0 Å². The van der Waals surface area contributed by atoms with Crippen LogP contribution in [-0.2, 0) is 17.4 Å². The molecule has 0 saturated heterocycles. The Labute approximate surface area is 152 Å². The van der Waals surface area contributed by atoms with Gasteiger partial charge in [0.15, 0.2) is 0 Å². The van der Waals surface area contributed by atoms with Crippen LogP contribution in [0.25, 0.3) is 5.70 Å². The predicted molar refractivity (Wildman–Crippen MR) is 91.9 cm³/mol. The van der Waals surface area contributed by atoms with E-state index in [1.54, 1.807) is 0 Å². The molecule has 0 unspecified atom stereocenters. The number of aromatic nitrogens is 1. The number of allylic oxidation sites excluding steroid dienone is 2. The van der Waals surface area contributed by atoms with Crippen molar-refractivity contribution in [1.29, 1.82) is 0 Å². The molecule has 0 fully saturated rings. The Kier molecular flexibility index (Phi) is 6.17. The zero-order chi connectivity index (χ0) is 20.0. The van der Waals surface area contributed by atoms with Gasteiger partial charge in [-0.2, -0.15) is 13.2 Å². The van der Waals surface area contributed by atoms with Gasteiger partial charge < -0.3 is 16.8 Å². The number of pyridine rings is 1. The number of benzene rings is 1. The summed E-state index contributed by atoms with van der Waals surface area (Å²) in [5, 5.41) is 2.40. The van der Waals surface area contributed by atoms with Crippen molar-refractivity contribution in [3.63, 3.8) is 0 Å². The molecule has 1 heterocycles. The van der Waals surface area contributed by atoms with Gasteiger partial charge in [-0.05, 0) is 42.0 Å². The lowest BCUT2D eigenvalue weighted by atomic mass is 10.1. The largest absolute Gasteiger partial charge is 0.416 e. The monoisotopic (exact) mass is 380 g/mol. The third kappa shape index (κ3) is 6.14. The molecule has 2 aromatic rings. The molecule has 0 atom stereocenters. The van der Waals surface area contributed by atoms with E-state index in [2.05, 4.69) is 10.3 Å². The summed E-state index contributed by atoms with van der Waals surface area (Å²) in [7, 11) is 0. The smallest absolute Gasteiger partial charge is 0.398 e. The SMILES string of the molecule is N/C(=C\C=C(/N)NC(=O)Cc1ccc(F)cn1)c1ccc(C(F)(F)F)cc1. The third-order valence-corrected chi connectivity index (χ3v) is 3.40. The number of hydrogen-bond donors (Lipinski definition) is 3. The van der Waals surface area contributed by atoms with Gasteiger partial charge in [0.2, 0.25) is 5.91 Å². The van der Waals surface area contributed by atoms with Crippen LogP contribution in [0.2, 0.25) is 0 Å². The average molecular weight is 380 g/mol. The summed E-state index contributed by atoms with van der Waals surface area (Å²) in [5.41, 5.74) is 11.6. The van der Waals surface area contributed by atoms with E-state index in [1.807, 2.05) is 0 Å². The van der Waals surface area contributed by atoms with Crippen LogP contribution in [-0.4, -0.2) is 10.9 Å². The number of carbonyl (C=O) groups excluding carboxylic acids is 1. The normalized spacial score (nSPS) is 12.7. The molecule has 27 heavy (non-hydrogen) atoms. The van der Waals surface area contributed by atoms with E-state index in [9.17, 15) is 22.4 Å². The average Bonchev–Trinajstić information content (AvgIpc) is 2.61. The number of nitrogens with zero attached hydrogens (tertiary/aromatic N) is 1. The zero-order valence-corrected chi connectivity index (χ0v) is 13.9. The summed E-state index contributed by atoms with van der Waals surface area (Å²) in [5.74, 6) is -0.997. The van der Waals surface area contributed by atoms with Crippen LogP contribution < -0.4 is 16.8 Å². The highest BCUT2D eigenvalue weighted by molar-refractivity contribution is 5.79. The Morgan fingerprint density at radius 3 is 2.30 bits per heavy atom. The van der Waals surface area contributed by atoms with Gasteiger partial charge in [-0.3, -0.25) is 9.78 Å². The molecule has 1 aromatic heterocycles. The lowest BCUT2D eigenvalue weighted by Crippen LogP contribution is -2.28. The second-order valence-corrected chi connectivity index (χ2v) is 5.51. The fourth-order valence-corrected chi connectivity index (χ4v) is 2.05. The Hall–Kier alpha value is -3.36. The minimum Gasteiger partial charge on any atom is -0.398 e. The summed E-state index contributed by atoms with van der Waals surface area (Å²) in [6, 6.07) is 6.86. The van der Waals surface area contributed by atoms with E-state index in [0.717, 1.165) is 18.3 Å². The number of nitrogens with one attached hydrogen (secondary N) is 1. The van der Waals surface area contributed by atoms with Crippen LogP contribution in [0, 0.1) is 5.82 Å². The lowest BCUT2D eigenvalue weighted by molar-refractivity contribution is -0.137. The minimum atomic E-state index is -4.43. The maximum absolute atomic E-state index is 12.8. The van der Waals surface area contributed by atoms with Gasteiger partial charge in [-0.1, -0.05) is 12.1 Å². The quantitative estimate of drug-likeness (QED) is 0.549. The maximum atomic E-state index is 12.8. The number of hydrogen-bond acceptors (Lipinski definition) is 4. The van der Waals surface area contributed by atoms with E-state index in [1.165, 1.54) is 36.4 Å². The van der Waals surface area contributed by atoms with Crippen molar-refractivity contribution in [3.8, 4) is 0 Å². The van der Waals surface area contributed by atoms with Crippen molar-refractivity contribution in [2.75, 3.05) is 0 Å². The number of amides is 1. The molecule has 5 N–H and O–H groups in total. The van der Waals surface area contributed by atoms with Crippen molar-refractivity contribution < 1.29 is 22.4 Å². The van der Waals surface area contributed by atoms with E-state index in [-0.39, 0.29) is 17.9 Å². The Bertz CT molecular complexity index is 856.